The molecule has 1 aromatic carbocycles. The molecule has 2 aromatic rings. The number of carbonyl (C=O) groups excluding carboxylic acids is 1. The van der Waals surface area contributed by atoms with E-state index in [0.29, 0.717) is 16.6 Å². The predicted octanol–water partition coefficient (Wildman–Crippen LogP) is 2.49. The maximum absolute atomic E-state index is 11.4. The van der Waals surface area contributed by atoms with Gasteiger partial charge in [0.15, 0.2) is 0 Å². The van der Waals surface area contributed by atoms with Crippen molar-refractivity contribution in [3.05, 3.63) is 39.9 Å². The fraction of sp³-hybridized carbons (Fsp3) is 0.250. The van der Waals surface area contributed by atoms with E-state index in [2.05, 4.69) is 15.5 Å². The van der Waals surface area contributed by atoms with Gasteiger partial charge < -0.3 is 5.73 Å². The largest absolute Gasteiger partial charge is 0.320 e. The molecule has 0 unspecified atom stereocenters. The Hall–Kier alpha value is -1.21. The summed E-state index contributed by atoms with van der Waals surface area (Å²) in [5.74, 6) is -0.273. The first-order valence-electron chi connectivity index (χ1n) is 5.68. The minimum absolute atomic E-state index is 0. The van der Waals surface area contributed by atoms with Crippen LogP contribution < -0.4 is 11.1 Å². The Morgan fingerprint density at radius 1 is 1.50 bits per heavy atom. The fourth-order valence-electron chi connectivity index (χ4n) is 1.42. The number of anilines is 1. The third-order valence-electron chi connectivity index (χ3n) is 2.35. The molecule has 0 bridgehead atoms. The van der Waals surface area contributed by atoms with Gasteiger partial charge in [-0.2, -0.15) is 0 Å². The van der Waals surface area contributed by atoms with E-state index < -0.39 is 6.04 Å². The fourth-order valence-corrected chi connectivity index (χ4v) is 2.41. The van der Waals surface area contributed by atoms with Crippen LogP contribution in [0.1, 0.15) is 17.5 Å². The Bertz CT molecular complexity index is 588. The number of nitrogens with one attached hydrogen (secondary N) is 1. The van der Waals surface area contributed by atoms with Crippen LogP contribution in [0.3, 0.4) is 0 Å². The van der Waals surface area contributed by atoms with E-state index in [4.69, 9.17) is 17.3 Å². The summed E-state index contributed by atoms with van der Waals surface area (Å²) in [5.41, 5.74) is 6.51. The zero-order valence-corrected chi connectivity index (χ0v) is 13.1. The number of halogens is 2. The summed E-state index contributed by atoms with van der Waals surface area (Å²) in [6.45, 7) is 1.61. The average molecular weight is 333 g/mol. The van der Waals surface area contributed by atoms with Crippen molar-refractivity contribution in [3.8, 4) is 0 Å². The molecule has 0 radical (unpaired) electrons. The number of amides is 1. The van der Waals surface area contributed by atoms with Gasteiger partial charge in [0.1, 0.15) is 5.01 Å². The first-order valence-corrected chi connectivity index (χ1v) is 6.87. The second-order valence-corrected chi connectivity index (χ2v) is 5.58. The summed E-state index contributed by atoms with van der Waals surface area (Å²) >= 11 is 7.24. The third-order valence-corrected chi connectivity index (χ3v) is 3.43. The molecule has 0 aliphatic rings. The first-order chi connectivity index (χ1) is 9.04. The Balaban J connectivity index is 0.00000200. The summed E-state index contributed by atoms with van der Waals surface area (Å²) in [6.07, 6.45) is 0.631. The number of benzene rings is 1. The highest BCUT2D eigenvalue weighted by Gasteiger charge is 2.11. The van der Waals surface area contributed by atoms with Crippen molar-refractivity contribution in [2.75, 3.05) is 5.32 Å². The standard InChI is InChI=1S/C12H13ClN4OS.ClH/c1-7(14)11(18)15-12-17-16-10(19-12)6-8-3-2-4-9(13)5-8;/h2-5,7H,6,14H2,1H3,(H,15,17,18);1H/t7-;/m0./s1. The molecule has 1 heterocycles. The number of rotatable bonds is 4. The van der Waals surface area contributed by atoms with Crippen molar-refractivity contribution in [2.45, 2.75) is 19.4 Å². The number of carbonyl (C=O) groups is 1. The van der Waals surface area contributed by atoms with Crippen molar-refractivity contribution in [2.24, 2.45) is 5.73 Å². The van der Waals surface area contributed by atoms with Gasteiger partial charge in [-0.15, -0.1) is 22.6 Å². The number of nitrogens with two attached hydrogens (primary N) is 1. The van der Waals surface area contributed by atoms with Crippen molar-refractivity contribution in [1.82, 2.24) is 10.2 Å². The summed E-state index contributed by atoms with van der Waals surface area (Å²) in [4.78, 5) is 11.4. The quantitative estimate of drug-likeness (QED) is 0.901. The van der Waals surface area contributed by atoms with Gasteiger partial charge in [0, 0.05) is 11.4 Å². The van der Waals surface area contributed by atoms with Crippen LogP contribution in [0.2, 0.25) is 5.02 Å². The lowest BCUT2D eigenvalue weighted by Crippen LogP contribution is -2.32. The molecule has 1 amide bonds. The van der Waals surface area contributed by atoms with E-state index in [0.717, 1.165) is 10.6 Å². The minimum atomic E-state index is -0.569. The maximum atomic E-state index is 11.4. The Kier molecular flexibility index (Phi) is 6.35. The summed E-state index contributed by atoms with van der Waals surface area (Å²) in [7, 11) is 0. The highest BCUT2D eigenvalue weighted by atomic mass is 35.5. The van der Waals surface area contributed by atoms with Crippen LogP contribution in [0.15, 0.2) is 24.3 Å². The van der Waals surface area contributed by atoms with Crippen LogP contribution in [0.25, 0.3) is 0 Å². The van der Waals surface area contributed by atoms with Crippen molar-refractivity contribution in [3.63, 3.8) is 0 Å². The highest BCUT2D eigenvalue weighted by molar-refractivity contribution is 7.15. The molecule has 0 aliphatic carbocycles. The molecule has 108 valence electrons. The monoisotopic (exact) mass is 332 g/mol. The molecule has 1 atom stereocenters. The van der Waals surface area contributed by atoms with Gasteiger partial charge in [-0.05, 0) is 24.6 Å². The van der Waals surface area contributed by atoms with Crippen molar-refractivity contribution < 1.29 is 4.79 Å². The molecule has 5 nitrogen and oxygen atoms in total. The van der Waals surface area contributed by atoms with Gasteiger partial charge in [-0.1, -0.05) is 35.1 Å². The minimum Gasteiger partial charge on any atom is -0.320 e. The smallest absolute Gasteiger partial charge is 0.242 e. The number of hydrogen-bond donors (Lipinski definition) is 2. The highest BCUT2D eigenvalue weighted by Crippen LogP contribution is 2.20. The van der Waals surface area contributed by atoms with Crippen molar-refractivity contribution >= 4 is 46.4 Å². The van der Waals surface area contributed by atoms with Crippen LogP contribution >= 0.6 is 35.3 Å². The number of hydrogen-bond acceptors (Lipinski definition) is 5. The van der Waals surface area contributed by atoms with E-state index in [9.17, 15) is 4.79 Å². The molecule has 2 rings (SSSR count). The summed E-state index contributed by atoms with van der Waals surface area (Å²) in [6, 6.07) is 6.98. The number of aromatic nitrogens is 2. The Morgan fingerprint density at radius 3 is 2.90 bits per heavy atom. The predicted molar refractivity (Wildman–Crippen MR) is 83.7 cm³/mol. The van der Waals surface area contributed by atoms with Gasteiger partial charge in [-0.3, -0.25) is 10.1 Å². The van der Waals surface area contributed by atoms with E-state index in [1.807, 2.05) is 24.3 Å². The maximum Gasteiger partial charge on any atom is 0.242 e. The van der Waals surface area contributed by atoms with Gasteiger partial charge in [0.25, 0.3) is 0 Å². The molecule has 0 spiro atoms. The lowest BCUT2D eigenvalue weighted by molar-refractivity contribution is -0.117. The molecule has 0 saturated heterocycles. The van der Waals surface area contributed by atoms with E-state index >= 15 is 0 Å². The molecular formula is C12H14Cl2N4OS. The topological polar surface area (TPSA) is 80.9 Å². The van der Waals surface area contributed by atoms with Crippen LogP contribution in [0.5, 0.6) is 0 Å². The van der Waals surface area contributed by atoms with E-state index in [-0.39, 0.29) is 18.3 Å². The average Bonchev–Trinajstić information content (AvgIpc) is 2.76. The van der Waals surface area contributed by atoms with Gasteiger partial charge in [0.05, 0.1) is 6.04 Å². The molecule has 0 fully saturated rings. The summed E-state index contributed by atoms with van der Waals surface area (Å²) in [5, 5.41) is 12.5. The van der Waals surface area contributed by atoms with Crippen molar-refractivity contribution in [1.29, 1.82) is 0 Å². The second-order valence-electron chi connectivity index (χ2n) is 4.09. The molecule has 3 N–H and O–H groups in total. The SMILES string of the molecule is C[C@H](N)C(=O)Nc1nnc(Cc2cccc(Cl)c2)s1.Cl. The van der Waals surface area contributed by atoms with Crippen LogP contribution in [-0.2, 0) is 11.2 Å². The van der Waals surface area contributed by atoms with Crippen LogP contribution in [-0.4, -0.2) is 22.1 Å². The van der Waals surface area contributed by atoms with Gasteiger partial charge in [-0.25, -0.2) is 0 Å². The lowest BCUT2D eigenvalue weighted by atomic mass is 10.2. The first kappa shape index (κ1) is 16.8. The zero-order chi connectivity index (χ0) is 13.8. The number of nitrogens with zero attached hydrogens (tertiary/aromatic N) is 2. The molecule has 8 heteroatoms. The second kappa shape index (κ2) is 7.54. The van der Waals surface area contributed by atoms with Crippen LogP contribution in [0.4, 0.5) is 5.13 Å². The van der Waals surface area contributed by atoms with Gasteiger partial charge in [0.2, 0.25) is 11.0 Å². The van der Waals surface area contributed by atoms with Gasteiger partial charge >= 0.3 is 0 Å². The van der Waals surface area contributed by atoms with E-state index in [1.165, 1.54) is 11.3 Å². The molecule has 1 aromatic heterocycles. The molecule has 0 saturated carbocycles. The molecular weight excluding hydrogens is 319 g/mol. The van der Waals surface area contributed by atoms with Crippen LogP contribution in [0, 0.1) is 0 Å². The summed E-state index contributed by atoms with van der Waals surface area (Å²) < 4.78 is 0. The normalized spacial score (nSPS) is 11.6. The lowest BCUT2D eigenvalue weighted by Gasteiger charge is -2.02. The zero-order valence-electron chi connectivity index (χ0n) is 10.7. The Labute approximate surface area is 132 Å². The van der Waals surface area contributed by atoms with E-state index in [1.54, 1.807) is 6.92 Å². The Morgan fingerprint density at radius 2 is 2.25 bits per heavy atom. The third kappa shape index (κ3) is 4.72. The molecule has 20 heavy (non-hydrogen) atoms. The molecule has 0 aliphatic heterocycles.